The summed E-state index contributed by atoms with van der Waals surface area (Å²) in [6.45, 7) is 4.07. The molecule has 172 valence electrons. The molecule has 3 aliphatic rings. The Bertz CT molecular complexity index is 1260. The van der Waals surface area contributed by atoms with E-state index in [1.165, 1.54) is 6.07 Å². The molecule has 0 saturated carbocycles. The summed E-state index contributed by atoms with van der Waals surface area (Å²) in [6.07, 6.45) is 2.64. The molecule has 1 N–H and O–H groups in total. The van der Waals surface area contributed by atoms with E-state index in [-0.39, 0.29) is 17.4 Å². The number of hydrogen-bond acceptors (Lipinski definition) is 7. The van der Waals surface area contributed by atoms with Crippen LogP contribution < -0.4 is 15.6 Å². The fourth-order valence-electron chi connectivity index (χ4n) is 5.28. The molecule has 3 aliphatic heterocycles. The van der Waals surface area contributed by atoms with Crippen molar-refractivity contribution in [3.8, 4) is 5.88 Å². The van der Waals surface area contributed by atoms with Gasteiger partial charge in [-0.15, -0.1) is 16.9 Å². The maximum absolute atomic E-state index is 14.5. The van der Waals surface area contributed by atoms with Crippen molar-refractivity contribution >= 4 is 22.7 Å². The van der Waals surface area contributed by atoms with Crippen molar-refractivity contribution in [2.24, 2.45) is 0 Å². The van der Waals surface area contributed by atoms with Crippen molar-refractivity contribution in [3.63, 3.8) is 0 Å². The number of thioether (sulfide) groups is 1. The Kier molecular flexibility index (Phi) is 5.55. The van der Waals surface area contributed by atoms with Crippen molar-refractivity contribution in [1.29, 1.82) is 0 Å². The molecule has 0 amide bonds. The van der Waals surface area contributed by atoms with Crippen LogP contribution in [-0.2, 0) is 13.0 Å². The summed E-state index contributed by atoms with van der Waals surface area (Å²) < 4.78 is 21.8. The van der Waals surface area contributed by atoms with Crippen LogP contribution in [0.15, 0.2) is 40.0 Å². The maximum atomic E-state index is 14.5. The molecule has 2 aromatic heterocycles. The molecule has 9 heteroatoms. The van der Waals surface area contributed by atoms with Crippen molar-refractivity contribution in [2.75, 3.05) is 32.0 Å². The Hall–Kier alpha value is -2.49. The highest BCUT2D eigenvalue weighted by atomic mass is 32.2. The van der Waals surface area contributed by atoms with Crippen LogP contribution in [-0.4, -0.2) is 57.7 Å². The van der Waals surface area contributed by atoms with Gasteiger partial charge in [0.15, 0.2) is 0 Å². The Morgan fingerprint density at radius 2 is 2.03 bits per heavy atom. The largest absolute Gasteiger partial charge is 0.475 e. The average molecular weight is 468 g/mol. The summed E-state index contributed by atoms with van der Waals surface area (Å²) in [4.78, 5) is 16.1. The molecule has 3 aromatic rings. The molecule has 1 unspecified atom stereocenters. The quantitative estimate of drug-likeness (QED) is 0.619. The van der Waals surface area contributed by atoms with Gasteiger partial charge in [-0.3, -0.25) is 4.79 Å². The molecule has 33 heavy (non-hydrogen) atoms. The van der Waals surface area contributed by atoms with Crippen LogP contribution in [0.2, 0.25) is 0 Å². The minimum absolute atomic E-state index is 0.0110. The number of likely N-dealkylation sites (tertiary alicyclic amines) is 1. The molecule has 0 spiro atoms. The predicted octanol–water partition coefficient (Wildman–Crippen LogP) is 2.77. The van der Waals surface area contributed by atoms with E-state index in [9.17, 15) is 9.18 Å². The van der Waals surface area contributed by atoms with Crippen LogP contribution in [0.1, 0.15) is 30.1 Å². The van der Waals surface area contributed by atoms with Gasteiger partial charge in [0.05, 0.1) is 28.8 Å². The minimum Gasteiger partial charge on any atom is -0.475 e. The number of rotatable bonds is 5. The van der Waals surface area contributed by atoms with Gasteiger partial charge in [0, 0.05) is 36.5 Å². The van der Waals surface area contributed by atoms with Gasteiger partial charge in [-0.2, -0.15) is 5.10 Å². The zero-order chi connectivity index (χ0) is 22.4. The SMILES string of the molecule is O=c1ccc2ccc(F)c3c2n1C(CN1CCC(NCc2cc4c(nn2)OCCS4)CC1)C3. The fourth-order valence-corrected chi connectivity index (χ4v) is 6.11. The molecule has 5 heterocycles. The lowest BCUT2D eigenvalue weighted by atomic mass is 10.0. The molecule has 0 bridgehead atoms. The molecule has 1 atom stereocenters. The number of benzene rings is 1. The van der Waals surface area contributed by atoms with Crippen LogP contribution in [0.3, 0.4) is 0 Å². The van der Waals surface area contributed by atoms with Crippen molar-refractivity contribution in [3.05, 3.63) is 57.8 Å². The summed E-state index contributed by atoms with van der Waals surface area (Å²) in [5.74, 6) is 1.39. The van der Waals surface area contributed by atoms with Gasteiger partial charge in [0.25, 0.3) is 5.56 Å². The van der Waals surface area contributed by atoms with Gasteiger partial charge < -0.3 is 19.5 Å². The van der Waals surface area contributed by atoms with Crippen molar-refractivity contribution in [2.45, 2.75) is 42.8 Å². The van der Waals surface area contributed by atoms with Gasteiger partial charge in [0.2, 0.25) is 5.88 Å². The number of fused-ring (bicyclic) bond motifs is 1. The van der Waals surface area contributed by atoms with Crippen LogP contribution in [0, 0.1) is 5.82 Å². The van der Waals surface area contributed by atoms with Gasteiger partial charge in [0.1, 0.15) is 5.82 Å². The molecular formula is C24H26FN5O2S. The third-order valence-electron chi connectivity index (χ3n) is 6.93. The Morgan fingerprint density at radius 1 is 1.18 bits per heavy atom. The van der Waals surface area contributed by atoms with E-state index >= 15 is 0 Å². The van der Waals surface area contributed by atoms with E-state index in [1.807, 2.05) is 4.57 Å². The summed E-state index contributed by atoms with van der Waals surface area (Å²) in [7, 11) is 0. The number of pyridine rings is 1. The second kappa shape index (κ2) is 8.70. The highest BCUT2D eigenvalue weighted by Crippen LogP contribution is 2.33. The number of ether oxygens (including phenoxy) is 1. The van der Waals surface area contributed by atoms with Crippen LogP contribution in [0.25, 0.3) is 10.9 Å². The first-order valence-electron chi connectivity index (χ1n) is 11.6. The van der Waals surface area contributed by atoms with E-state index in [0.29, 0.717) is 37.1 Å². The maximum Gasteiger partial charge on any atom is 0.251 e. The Labute approximate surface area is 195 Å². The highest BCUT2D eigenvalue weighted by Gasteiger charge is 2.30. The summed E-state index contributed by atoms with van der Waals surface area (Å²) in [5.41, 5.74) is 2.36. The first-order chi connectivity index (χ1) is 16.2. The number of hydrogen-bond donors (Lipinski definition) is 1. The summed E-state index contributed by atoms with van der Waals surface area (Å²) >= 11 is 1.77. The van der Waals surface area contributed by atoms with Gasteiger partial charge in [-0.25, -0.2) is 4.39 Å². The van der Waals surface area contributed by atoms with Crippen LogP contribution in [0.4, 0.5) is 4.39 Å². The first-order valence-corrected chi connectivity index (χ1v) is 12.5. The van der Waals surface area contributed by atoms with E-state index in [0.717, 1.165) is 59.7 Å². The first kappa shape index (κ1) is 21.1. The fraction of sp³-hybridized carbons (Fsp3) is 0.458. The second-order valence-corrected chi connectivity index (χ2v) is 10.2. The Balaban J connectivity index is 1.06. The summed E-state index contributed by atoms with van der Waals surface area (Å²) in [5, 5.41) is 13.1. The lowest BCUT2D eigenvalue weighted by Crippen LogP contribution is -2.44. The average Bonchev–Trinajstić information content (AvgIpc) is 3.23. The molecule has 1 aromatic carbocycles. The van der Waals surface area contributed by atoms with Crippen molar-refractivity contribution in [1.82, 2.24) is 25.0 Å². The number of nitrogens with zero attached hydrogens (tertiary/aromatic N) is 4. The van der Waals surface area contributed by atoms with Gasteiger partial charge in [-0.05, 0) is 62.0 Å². The normalized spacial score (nSPS) is 20.7. The minimum atomic E-state index is -0.206. The number of piperidine rings is 1. The number of nitrogens with one attached hydrogen (secondary N) is 1. The molecule has 0 radical (unpaired) electrons. The van der Waals surface area contributed by atoms with E-state index in [1.54, 1.807) is 30.0 Å². The topological polar surface area (TPSA) is 72.3 Å². The van der Waals surface area contributed by atoms with Crippen molar-refractivity contribution < 1.29 is 9.13 Å². The van der Waals surface area contributed by atoms with E-state index in [4.69, 9.17) is 4.74 Å². The zero-order valence-electron chi connectivity index (χ0n) is 18.3. The zero-order valence-corrected chi connectivity index (χ0v) is 19.1. The molecule has 0 aliphatic carbocycles. The van der Waals surface area contributed by atoms with E-state index < -0.39 is 0 Å². The molecule has 7 nitrogen and oxygen atoms in total. The van der Waals surface area contributed by atoms with Crippen LogP contribution >= 0.6 is 11.8 Å². The lowest BCUT2D eigenvalue weighted by molar-refractivity contribution is 0.174. The smallest absolute Gasteiger partial charge is 0.251 e. The highest BCUT2D eigenvalue weighted by molar-refractivity contribution is 7.99. The summed E-state index contributed by atoms with van der Waals surface area (Å²) in [6, 6.07) is 9.17. The standard InChI is InChI=1S/C24H26FN5O2S/c25-20-3-1-15-2-4-22(31)30-18(12-19(20)23(15)30)14-29-7-5-16(6-8-29)26-13-17-11-21-24(28-27-17)32-9-10-33-21/h1-4,11,16,18,26H,5-10,12-14H2. The second-order valence-electron chi connectivity index (χ2n) is 9.02. The van der Waals surface area contributed by atoms with Gasteiger partial charge >= 0.3 is 0 Å². The predicted molar refractivity (Wildman–Crippen MR) is 125 cm³/mol. The van der Waals surface area contributed by atoms with E-state index in [2.05, 4.69) is 26.5 Å². The third-order valence-corrected chi connectivity index (χ3v) is 7.91. The van der Waals surface area contributed by atoms with Gasteiger partial charge in [-0.1, -0.05) is 0 Å². The molecule has 1 saturated heterocycles. The molecule has 1 fully saturated rings. The lowest BCUT2D eigenvalue weighted by Gasteiger charge is -2.34. The number of aromatic nitrogens is 3. The van der Waals surface area contributed by atoms with Crippen LogP contribution in [0.5, 0.6) is 5.88 Å². The molecular weight excluding hydrogens is 441 g/mol. The number of halogens is 1. The third kappa shape index (κ3) is 4.02. The monoisotopic (exact) mass is 467 g/mol. The Morgan fingerprint density at radius 3 is 2.91 bits per heavy atom. The molecule has 6 rings (SSSR count).